The molecule has 0 amide bonds. The minimum atomic E-state index is -1.16. The number of alkyl halides is 1. The second-order valence-electron chi connectivity index (χ2n) is 8.01. The molecule has 0 spiro atoms. The van der Waals surface area contributed by atoms with Crippen molar-refractivity contribution in [2.45, 2.75) is 33.4 Å². The first-order valence-corrected chi connectivity index (χ1v) is 11.0. The lowest BCUT2D eigenvalue weighted by molar-refractivity contribution is 0.302. The summed E-state index contributed by atoms with van der Waals surface area (Å²) < 4.78 is 20.3. The van der Waals surface area contributed by atoms with Crippen LogP contribution in [0.1, 0.15) is 31.5 Å². The van der Waals surface area contributed by atoms with Crippen LogP contribution in [0.4, 0.5) is 4.39 Å². The van der Waals surface area contributed by atoms with E-state index in [1.54, 1.807) is 24.7 Å². The Labute approximate surface area is 192 Å². The topological polar surface area (TPSA) is 63.7 Å². The van der Waals surface area contributed by atoms with E-state index in [-0.39, 0.29) is 6.61 Å². The summed E-state index contributed by atoms with van der Waals surface area (Å²) in [7, 11) is 0. The number of allylic oxidation sites excluding steroid dienone is 5. The van der Waals surface area contributed by atoms with Crippen LogP contribution in [0, 0.1) is 6.92 Å². The molecule has 168 valence electrons. The van der Waals surface area contributed by atoms with E-state index in [2.05, 4.69) is 40.3 Å². The smallest absolute Gasteiger partial charge is 0.217 e. The molecule has 5 nitrogen and oxygen atoms in total. The number of pyridine rings is 2. The van der Waals surface area contributed by atoms with Crippen LogP contribution in [0.3, 0.4) is 0 Å². The maximum absolute atomic E-state index is 14.4. The summed E-state index contributed by atoms with van der Waals surface area (Å²) in [5.74, 6) is 0.497. The highest BCUT2D eigenvalue weighted by Gasteiger charge is 2.13. The number of nitrogens with one attached hydrogen (secondary N) is 1. The Balaban J connectivity index is 1.56. The van der Waals surface area contributed by atoms with Gasteiger partial charge in [-0.15, -0.1) is 0 Å². The van der Waals surface area contributed by atoms with Gasteiger partial charge in [-0.2, -0.15) is 5.10 Å². The summed E-state index contributed by atoms with van der Waals surface area (Å²) in [5.41, 5.74) is 5.23. The Morgan fingerprint density at radius 3 is 2.88 bits per heavy atom. The second-order valence-corrected chi connectivity index (χ2v) is 8.01. The fourth-order valence-electron chi connectivity index (χ4n) is 3.66. The Hall–Kier alpha value is -3.80. The van der Waals surface area contributed by atoms with Crippen molar-refractivity contribution in [2.24, 2.45) is 0 Å². The zero-order valence-electron chi connectivity index (χ0n) is 19.0. The van der Waals surface area contributed by atoms with E-state index in [1.807, 2.05) is 37.3 Å². The predicted octanol–water partition coefficient (Wildman–Crippen LogP) is 4.46. The molecule has 3 aromatic heterocycles. The van der Waals surface area contributed by atoms with E-state index in [0.717, 1.165) is 44.9 Å². The standard InChI is InChI=1S/C27H27FN4O/c1-18(26-19(2)15-22-7-5-4-6-8-25(22)31-26)9-10-23(20(3)28)17-33-27-24(16-30-32-27)21-11-13-29-14-12-21/h4,6-16,20H,5,17H2,1-3H3,(H,30,32)/b18-9+,23-10-. The molecule has 1 aliphatic rings. The number of ether oxygens (including phenoxy) is 1. The number of aryl methyl sites for hydroxylation is 1. The van der Waals surface area contributed by atoms with Gasteiger partial charge in [0.1, 0.15) is 12.8 Å². The van der Waals surface area contributed by atoms with E-state index >= 15 is 0 Å². The first-order chi connectivity index (χ1) is 16.0. The number of aromatic nitrogens is 4. The van der Waals surface area contributed by atoms with Gasteiger partial charge in [-0.25, -0.2) is 14.5 Å². The normalized spacial score (nSPS) is 14.7. The van der Waals surface area contributed by atoms with Gasteiger partial charge in [-0.05, 0) is 73.4 Å². The molecule has 1 N–H and O–H groups in total. The molecule has 3 heterocycles. The Morgan fingerprint density at radius 2 is 2.09 bits per heavy atom. The monoisotopic (exact) mass is 442 g/mol. The van der Waals surface area contributed by atoms with E-state index in [9.17, 15) is 4.39 Å². The van der Waals surface area contributed by atoms with Gasteiger partial charge in [0.05, 0.1) is 22.8 Å². The molecule has 1 atom stereocenters. The molecule has 1 unspecified atom stereocenters. The zero-order valence-corrected chi connectivity index (χ0v) is 19.0. The van der Waals surface area contributed by atoms with Gasteiger partial charge < -0.3 is 4.74 Å². The summed E-state index contributed by atoms with van der Waals surface area (Å²) in [6.45, 7) is 5.66. The van der Waals surface area contributed by atoms with Gasteiger partial charge in [0.2, 0.25) is 5.88 Å². The first kappa shape index (κ1) is 22.4. The van der Waals surface area contributed by atoms with E-state index in [0.29, 0.717) is 11.5 Å². The van der Waals surface area contributed by atoms with Crippen LogP contribution >= 0.6 is 0 Å². The van der Waals surface area contributed by atoms with Crippen molar-refractivity contribution < 1.29 is 9.13 Å². The molecule has 1 aliphatic carbocycles. The largest absolute Gasteiger partial charge is 0.473 e. The maximum Gasteiger partial charge on any atom is 0.217 e. The SMILES string of the molecule is C/C(=C\C=C(\COc1[nH]ncc1-c1ccncc1)C(C)F)c1nc2c(cc1C)=CCC=CC=2. The quantitative estimate of drug-likeness (QED) is 0.549. The molecule has 33 heavy (non-hydrogen) atoms. The fourth-order valence-corrected chi connectivity index (χ4v) is 3.66. The lowest BCUT2D eigenvalue weighted by Gasteiger charge is -2.11. The molecule has 0 saturated heterocycles. The van der Waals surface area contributed by atoms with Crippen molar-refractivity contribution in [1.82, 2.24) is 20.2 Å². The fraction of sp³-hybridized carbons (Fsp3) is 0.222. The van der Waals surface area contributed by atoms with Crippen LogP contribution in [0.5, 0.6) is 5.88 Å². The first-order valence-electron chi connectivity index (χ1n) is 11.0. The lowest BCUT2D eigenvalue weighted by Crippen LogP contribution is -2.29. The number of hydrogen-bond donors (Lipinski definition) is 1. The highest BCUT2D eigenvalue weighted by molar-refractivity contribution is 5.67. The number of rotatable bonds is 7. The van der Waals surface area contributed by atoms with Crippen molar-refractivity contribution in [1.29, 1.82) is 0 Å². The number of fused-ring (bicyclic) bond motifs is 1. The Kier molecular flexibility index (Phi) is 6.93. The zero-order chi connectivity index (χ0) is 23.2. The highest BCUT2D eigenvalue weighted by Crippen LogP contribution is 2.27. The molecule has 0 aliphatic heterocycles. The van der Waals surface area contributed by atoms with E-state index in [4.69, 9.17) is 9.72 Å². The van der Waals surface area contributed by atoms with E-state index in [1.165, 1.54) is 6.92 Å². The minimum absolute atomic E-state index is 0.103. The predicted molar refractivity (Wildman–Crippen MR) is 131 cm³/mol. The molecule has 0 radical (unpaired) electrons. The van der Waals surface area contributed by atoms with Gasteiger partial charge in [-0.1, -0.05) is 30.4 Å². The van der Waals surface area contributed by atoms with Crippen molar-refractivity contribution in [3.8, 4) is 17.0 Å². The lowest BCUT2D eigenvalue weighted by atomic mass is 10.1. The Morgan fingerprint density at radius 1 is 1.27 bits per heavy atom. The van der Waals surface area contributed by atoms with Gasteiger partial charge in [0.25, 0.3) is 0 Å². The molecular formula is C27H27FN4O. The summed E-state index contributed by atoms with van der Waals surface area (Å²) in [6, 6.07) is 5.90. The average molecular weight is 443 g/mol. The second kappa shape index (κ2) is 10.2. The number of nitrogens with zero attached hydrogens (tertiary/aromatic N) is 3. The van der Waals surface area contributed by atoms with Crippen LogP contribution in [0.15, 0.2) is 66.7 Å². The summed E-state index contributed by atoms with van der Waals surface area (Å²) >= 11 is 0. The molecule has 0 saturated carbocycles. The molecule has 4 rings (SSSR count). The van der Waals surface area contributed by atoms with Crippen LogP contribution in [-0.2, 0) is 0 Å². The van der Waals surface area contributed by atoms with E-state index < -0.39 is 6.17 Å². The summed E-state index contributed by atoms with van der Waals surface area (Å²) in [4.78, 5) is 8.88. The van der Waals surface area contributed by atoms with Gasteiger partial charge in [0.15, 0.2) is 0 Å². The van der Waals surface area contributed by atoms with Crippen molar-refractivity contribution in [3.63, 3.8) is 0 Å². The van der Waals surface area contributed by atoms with Crippen molar-refractivity contribution in [2.75, 3.05) is 6.61 Å². The van der Waals surface area contributed by atoms with Crippen LogP contribution < -0.4 is 15.3 Å². The summed E-state index contributed by atoms with van der Waals surface area (Å²) in [6.07, 6.45) is 16.9. The number of halogens is 1. The average Bonchev–Trinajstić information content (AvgIpc) is 3.17. The maximum atomic E-state index is 14.4. The molecule has 0 aromatic carbocycles. The number of H-pyrrole nitrogens is 1. The van der Waals surface area contributed by atoms with Gasteiger partial charge >= 0.3 is 0 Å². The molecular weight excluding hydrogens is 415 g/mol. The van der Waals surface area contributed by atoms with Crippen molar-refractivity contribution in [3.05, 3.63) is 88.5 Å². The molecule has 6 heteroatoms. The van der Waals surface area contributed by atoms with Crippen LogP contribution in [-0.4, -0.2) is 32.9 Å². The summed E-state index contributed by atoms with van der Waals surface area (Å²) in [5, 5.41) is 9.01. The Bertz CT molecular complexity index is 1330. The highest BCUT2D eigenvalue weighted by atomic mass is 19.1. The van der Waals surface area contributed by atoms with Crippen LogP contribution in [0.25, 0.3) is 28.9 Å². The van der Waals surface area contributed by atoms with Gasteiger partial charge in [-0.3, -0.25) is 4.98 Å². The molecule has 0 bridgehead atoms. The number of hydrogen-bond acceptors (Lipinski definition) is 4. The van der Waals surface area contributed by atoms with Crippen molar-refractivity contribution >= 4 is 17.7 Å². The number of aromatic amines is 1. The minimum Gasteiger partial charge on any atom is -0.473 e. The van der Waals surface area contributed by atoms with Gasteiger partial charge in [0, 0.05) is 18.0 Å². The molecule has 3 aromatic rings. The molecule has 0 fully saturated rings. The third kappa shape index (κ3) is 5.34. The third-order valence-electron chi connectivity index (χ3n) is 5.55. The van der Waals surface area contributed by atoms with Crippen LogP contribution in [0.2, 0.25) is 0 Å². The third-order valence-corrected chi connectivity index (χ3v) is 5.55.